The largest absolute Gasteiger partial charge is 0.480 e. The fourth-order valence-electron chi connectivity index (χ4n) is 1.20. The Balaban J connectivity index is 2.80. The Morgan fingerprint density at radius 2 is 2.06 bits per heavy atom. The van der Waals surface area contributed by atoms with Gasteiger partial charge in [-0.2, -0.15) is 0 Å². The van der Waals surface area contributed by atoms with Crippen LogP contribution in [0.1, 0.15) is 27.8 Å². The van der Waals surface area contributed by atoms with E-state index in [1.165, 1.54) is 26.2 Å². The first-order chi connectivity index (χ1) is 7.41. The van der Waals surface area contributed by atoms with Gasteiger partial charge in [-0.25, -0.2) is 0 Å². The van der Waals surface area contributed by atoms with Crippen LogP contribution in [0.3, 0.4) is 0 Å². The monoisotopic (exact) mass is 224 g/mol. The summed E-state index contributed by atoms with van der Waals surface area (Å²) in [6, 6.07) is 1.41. The number of amides is 1. The Kier molecular flexibility index (Phi) is 3.44. The molecule has 86 valence electrons. The van der Waals surface area contributed by atoms with Crippen molar-refractivity contribution in [3.63, 3.8) is 0 Å². The molecule has 2 N–H and O–H groups in total. The molecule has 6 nitrogen and oxygen atoms in total. The first kappa shape index (κ1) is 12.0. The lowest BCUT2D eigenvalue weighted by Gasteiger charge is -2.12. The fraction of sp³-hybridized carbons (Fsp3) is 0.300. The van der Waals surface area contributed by atoms with E-state index in [1.807, 2.05) is 0 Å². The molecule has 1 aromatic heterocycles. The number of hydrogen-bond acceptors (Lipinski definition) is 3. The zero-order chi connectivity index (χ0) is 12.3. The van der Waals surface area contributed by atoms with Gasteiger partial charge in [0, 0.05) is 18.8 Å². The van der Waals surface area contributed by atoms with Crippen LogP contribution in [0.15, 0.2) is 12.3 Å². The Labute approximate surface area is 91.9 Å². The van der Waals surface area contributed by atoms with Crippen LogP contribution in [0.5, 0.6) is 0 Å². The third-order valence-corrected chi connectivity index (χ3v) is 2.04. The van der Waals surface area contributed by atoms with Gasteiger partial charge in [0.1, 0.15) is 12.2 Å². The number of carbonyl (C=O) groups is 3. The van der Waals surface area contributed by atoms with E-state index in [2.05, 4.69) is 4.98 Å². The SMILES string of the molecule is CC(=O)c1c[nH]c(C(=O)N(C)CC(=O)O)c1. The Morgan fingerprint density at radius 3 is 2.50 bits per heavy atom. The van der Waals surface area contributed by atoms with Gasteiger partial charge in [0.15, 0.2) is 5.78 Å². The summed E-state index contributed by atoms with van der Waals surface area (Å²) in [6.07, 6.45) is 1.42. The highest BCUT2D eigenvalue weighted by Gasteiger charge is 2.16. The summed E-state index contributed by atoms with van der Waals surface area (Å²) >= 11 is 0. The highest BCUT2D eigenvalue weighted by Crippen LogP contribution is 2.06. The van der Waals surface area contributed by atoms with E-state index < -0.39 is 11.9 Å². The average molecular weight is 224 g/mol. The topological polar surface area (TPSA) is 90.5 Å². The summed E-state index contributed by atoms with van der Waals surface area (Å²) in [7, 11) is 1.38. The molecule has 0 aromatic carbocycles. The lowest BCUT2D eigenvalue weighted by molar-refractivity contribution is -0.137. The number of carbonyl (C=O) groups excluding carboxylic acids is 2. The molecule has 16 heavy (non-hydrogen) atoms. The Bertz CT molecular complexity index is 436. The maximum atomic E-state index is 11.6. The second kappa shape index (κ2) is 4.61. The van der Waals surface area contributed by atoms with Crippen LogP contribution in [0, 0.1) is 0 Å². The molecule has 0 aliphatic rings. The predicted octanol–water partition coefficient (Wildman–Crippen LogP) is 0.374. The number of H-pyrrole nitrogens is 1. The number of hydrogen-bond donors (Lipinski definition) is 2. The zero-order valence-electron chi connectivity index (χ0n) is 8.98. The van der Waals surface area contributed by atoms with Gasteiger partial charge >= 0.3 is 5.97 Å². The highest BCUT2D eigenvalue weighted by atomic mass is 16.4. The van der Waals surface area contributed by atoms with Crippen LogP contribution in [0.2, 0.25) is 0 Å². The van der Waals surface area contributed by atoms with Crippen molar-refractivity contribution in [2.24, 2.45) is 0 Å². The van der Waals surface area contributed by atoms with Gasteiger partial charge in [-0.05, 0) is 13.0 Å². The maximum absolute atomic E-state index is 11.6. The summed E-state index contributed by atoms with van der Waals surface area (Å²) in [4.78, 5) is 36.7. The molecule has 0 aliphatic carbocycles. The van der Waals surface area contributed by atoms with Crippen molar-refractivity contribution in [3.05, 3.63) is 23.5 Å². The van der Waals surface area contributed by atoms with Crippen molar-refractivity contribution in [2.75, 3.05) is 13.6 Å². The van der Waals surface area contributed by atoms with E-state index in [0.717, 1.165) is 4.90 Å². The highest BCUT2D eigenvalue weighted by molar-refractivity contribution is 5.99. The number of nitrogens with one attached hydrogen (secondary N) is 1. The number of carboxylic acid groups (broad SMARTS) is 1. The molecule has 0 bridgehead atoms. The van der Waals surface area contributed by atoms with E-state index in [9.17, 15) is 14.4 Å². The number of rotatable bonds is 4. The molecular formula is C10H12N2O4. The van der Waals surface area contributed by atoms with E-state index in [-0.39, 0.29) is 18.0 Å². The van der Waals surface area contributed by atoms with Gasteiger partial charge in [-0.3, -0.25) is 14.4 Å². The number of Topliss-reactive ketones (excluding diaryl/α,β-unsaturated/α-hetero) is 1. The summed E-state index contributed by atoms with van der Waals surface area (Å²) in [5.74, 6) is -1.71. The first-order valence-corrected chi connectivity index (χ1v) is 4.58. The lowest BCUT2D eigenvalue weighted by Crippen LogP contribution is -2.32. The number of aromatic nitrogens is 1. The van der Waals surface area contributed by atoms with Gasteiger partial charge in [-0.1, -0.05) is 0 Å². The van der Waals surface area contributed by atoms with Crippen molar-refractivity contribution in [1.29, 1.82) is 0 Å². The third-order valence-electron chi connectivity index (χ3n) is 2.04. The van der Waals surface area contributed by atoms with Gasteiger partial charge in [-0.15, -0.1) is 0 Å². The van der Waals surface area contributed by atoms with Gasteiger partial charge in [0.25, 0.3) is 5.91 Å². The van der Waals surface area contributed by atoms with Gasteiger partial charge < -0.3 is 15.0 Å². The molecule has 1 aromatic rings. The molecule has 6 heteroatoms. The standard InChI is InChI=1S/C10H12N2O4/c1-6(13)7-3-8(11-4-7)10(16)12(2)5-9(14)15/h3-4,11H,5H2,1-2H3,(H,14,15). The molecule has 0 aliphatic heterocycles. The van der Waals surface area contributed by atoms with E-state index in [4.69, 9.17) is 5.11 Å². The van der Waals surface area contributed by atoms with Crippen molar-refractivity contribution >= 4 is 17.7 Å². The number of carboxylic acids is 1. The smallest absolute Gasteiger partial charge is 0.323 e. The van der Waals surface area contributed by atoms with E-state index >= 15 is 0 Å². The van der Waals surface area contributed by atoms with Crippen LogP contribution in [0.25, 0.3) is 0 Å². The first-order valence-electron chi connectivity index (χ1n) is 4.58. The molecule has 0 atom stereocenters. The number of aliphatic carboxylic acids is 1. The second-order valence-electron chi connectivity index (χ2n) is 3.41. The molecular weight excluding hydrogens is 212 g/mol. The molecule has 1 amide bonds. The summed E-state index contributed by atoms with van der Waals surface area (Å²) < 4.78 is 0. The van der Waals surface area contributed by atoms with Crippen LogP contribution >= 0.6 is 0 Å². The maximum Gasteiger partial charge on any atom is 0.323 e. The van der Waals surface area contributed by atoms with Crippen molar-refractivity contribution < 1.29 is 19.5 Å². The lowest BCUT2D eigenvalue weighted by atomic mass is 10.2. The molecule has 0 unspecified atom stereocenters. The Hall–Kier alpha value is -2.11. The molecule has 1 rings (SSSR count). The number of ketones is 1. The van der Waals surface area contributed by atoms with Gasteiger partial charge in [0.05, 0.1) is 0 Å². The molecule has 0 fully saturated rings. The summed E-state index contributed by atoms with van der Waals surface area (Å²) in [5, 5.41) is 8.51. The quantitative estimate of drug-likeness (QED) is 0.723. The number of aromatic amines is 1. The van der Waals surface area contributed by atoms with Crippen molar-refractivity contribution in [1.82, 2.24) is 9.88 Å². The van der Waals surface area contributed by atoms with Crippen LogP contribution < -0.4 is 0 Å². The zero-order valence-corrected chi connectivity index (χ0v) is 8.98. The predicted molar refractivity (Wildman–Crippen MR) is 55.4 cm³/mol. The third kappa shape index (κ3) is 2.69. The summed E-state index contributed by atoms with van der Waals surface area (Å²) in [5.41, 5.74) is 0.598. The summed E-state index contributed by atoms with van der Waals surface area (Å²) in [6.45, 7) is 1.01. The van der Waals surface area contributed by atoms with Crippen molar-refractivity contribution in [2.45, 2.75) is 6.92 Å². The molecule has 0 spiro atoms. The minimum atomic E-state index is -1.09. The minimum Gasteiger partial charge on any atom is -0.480 e. The molecule has 1 heterocycles. The Morgan fingerprint density at radius 1 is 1.44 bits per heavy atom. The number of nitrogens with zero attached hydrogens (tertiary/aromatic N) is 1. The van der Waals surface area contributed by atoms with Crippen molar-refractivity contribution in [3.8, 4) is 0 Å². The fourth-order valence-corrected chi connectivity index (χ4v) is 1.20. The molecule has 0 saturated heterocycles. The van der Waals surface area contributed by atoms with Gasteiger partial charge in [0.2, 0.25) is 0 Å². The normalized spacial score (nSPS) is 9.88. The van der Waals surface area contributed by atoms with Crippen LogP contribution in [-0.4, -0.2) is 46.2 Å². The number of likely N-dealkylation sites (N-methyl/N-ethyl adjacent to an activating group) is 1. The average Bonchev–Trinajstić information content (AvgIpc) is 2.64. The van der Waals surface area contributed by atoms with Crippen LogP contribution in [0.4, 0.5) is 0 Å². The second-order valence-corrected chi connectivity index (χ2v) is 3.41. The minimum absolute atomic E-state index is 0.156. The molecule has 0 saturated carbocycles. The van der Waals surface area contributed by atoms with Crippen LogP contribution in [-0.2, 0) is 4.79 Å². The van der Waals surface area contributed by atoms with E-state index in [1.54, 1.807) is 0 Å². The molecule has 0 radical (unpaired) electrons. The van der Waals surface area contributed by atoms with E-state index in [0.29, 0.717) is 5.56 Å².